The van der Waals surface area contributed by atoms with Crippen LogP contribution in [0.3, 0.4) is 0 Å². The molecule has 4 heteroatoms. The van der Waals surface area contributed by atoms with E-state index in [0.29, 0.717) is 17.9 Å². The van der Waals surface area contributed by atoms with Gasteiger partial charge in [0, 0.05) is 30.4 Å². The van der Waals surface area contributed by atoms with E-state index >= 15 is 0 Å². The minimum absolute atomic E-state index is 0.366. The first-order chi connectivity index (χ1) is 6.83. The van der Waals surface area contributed by atoms with Crippen LogP contribution in [0, 0.1) is 0 Å². The number of anilines is 1. The summed E-state index contributed by atoms with van der Waals surface area (Å²) in [6.45, 7) is 0. The number of rotatable bonds is 1. The Bertz CT molecular complexity index is 334. The average Bonchev–Trinajstić information content (AvgIpc) is 2.80. The van der Waals surface area contributed by atoms with Gasteiger partial charge in [-0.05, 0) is 24.8 Å². The van der Waals surface area contributed by atoms with Crippen molar-refractivity contribution in [2.45, 2.75) is 37.3 Å². The first-order valence-electron chi connectivity index (χ1n) is 5.16. The van der Waals surface area contributed by atoms with E-state index in [1.165, 1.54) is 24.8 Å². The maximum atomic E-state index is 5.46. The van der Waals surface area contributed by atoms with E-state index in [9.17, 15) is 0 Å². The molecule has 3 heterocycles. The zero-order valence-electron chi connectivity index (χ0n) is 7.98. The lowest BCUT2D eigenvalue weighted by Crippen LogP contribution is -2.21. The summed E-state index contributed by atoms with van der Waals surface area (Å²) >= 11 is 0. The molecule has 3 rings (SSSR count). The molecule has 0 aliphatic carbocycles. The molecule has 14 heavy (non-hydrogen) atoms. The van der Waals surface area contributed by atoms with Crippen molar-refractivity contribution in [1.82, 2.24) is 15.3 Å². The van der Waals surface area contributed by atoms with Gasteiger partial charge in [0.25, 0.3) is 0 Å². The van der Waals surface area contributed by atoms with Crippen LogP contribution < -0.4 is 11.1 Å². The van der Waals surface area contributed by atoms with Crippen LogP contribution in [0.15, 0.2) is 12.4 Å². The van der Waals surface area contributed by atoms with E-state index in [1.54, 1.807) is 0 Å². The molecule has 0 radical (unpaired) electrons. The number of hydrogen-bond acceptors (Lipinski definition) is 4. The highest BCUT2D eigenvalue weighted by Crippen LogP contribution is 2.39. The van der Waals surface area contributed by atoms with Crippen LogP contribution in [0.4, 0.5) is 5.95 Å². The monoisotopic (exact) mass is 190 g/mol. The number of nitrogens with one attached hydrogen (secondary N) is 1. The van der Waals surface area contributed by atoms with Gasteiger partial charge in [-0.25, -0.2) is 9.97 Å². The molecule has 3 atom stereocenters. The molecule has 0 spiro atoms. The molecule has 1 aromatic rings. The summed E-state index contributed by atoms with van der Waals surface area (Å²) in [7, 11) is 0. The number of nitrogen functional groups attached to an aromatic ring is 1. The van der Waals surface area contributed by atoms with Crippen molar-refractivity contribution in [3.63, 3.8) is 0 Å². The minimum atomic E-state index is 0.366. The van der Waals surface area contributed by atoms with Gasteiger partial charge >= 0.3 is 0 Å². The Hall–Kier alpha value is -1.16. The maximum Gasteiger partial charge on any atom is 0.219 e. The van der Waals surface area contributed by atoms with Gasteiger partial charge in [0.15, 0.2) is 0 Å². The second kappa shape index (κ2) is 2.92. The molecule has 4 nitrogen and oxygen atoms in total. The zero-order valence-corrected chi connectivity index (χ0v) is 7.98. The summed E-state index contributed by atoms with van der Waals surface area (Å²) in [5.41, 5.74) is 6.70. The van der Waals surface area contributed by atoms with Crippen molar-refractivity contribution < 1.29 is 0 Å². The van der Waals surface area contributed by atoms with E-state index in [0.717, 1.165) is 6.04 Å². The van der Waals surface area contributed by atoms with E-state index in [-0.39, 0.29) is 0 Å². The molecular weight excluding hydrogens is 176 g/mol. The standard InChI is InChI=1S/C10H14N4/c11-10-12-4-6(5-13-10)8-3-7-1-2-9(8)14-7/h4-5,7-9,14H,1-3H2,(H2,11,12,13)/t7?,8-,9?/m1/s1. The van der Waals surface area contributed by atoms with Crippen molar-refractivity contribution in [1.29, 1.82) is 0 Å². The van der Waals surface area contributed by atoms with Gasteiger partial charge < -0.3 is 11.1 Å². The Morgan fingerprint density at radius 1 is 1.29 bits per heavy atom. The molecule has 0 amide bonds. The third-order valence-electron chi connectivity index (χ3n) is 3.42. The van der Waals surface area contributed by atoms with Gasteiger partial charge in [0.1, 0.15) is 0 Å². The fourth-order valence-electron chi connectivity index (χ4n) is 2.73. The van der Waals surface area contributed by atoms with E-state index < -0.39 is 0 Å². The molecule has 2 bridgehead atoms. The van der Waals surface area contributed by atoms with E-state index in [2.05, 4.69) is 15.3 Å². The lowest BCUT2D eigenvalue weighted by atomic mass is 9.85. The molecule has 2 unspecified atom stereocenters. The van der Waals surface area contributed by atoms with Crippen LogP contribution >= 0.6 is 0 Å². The number of nitrogens with zero attached hydrogens (tertiary/aromatic N) is 2. The van der Waals surface area contributed by atoms with Gasteiger partial charge in [-0.15, -0.1) is 0 Å². The van der Waals surface area contributed by atoms with Crippen LogP contribution in [0.5, 0.6) is 0 Å². The van der Waals surface area contributed by atoms with Crippen molar-refractivity contribution >= 4 is 5.95 Å². The predicted molar refractivity (Wildman–Crippen MR) is 53.7 cm³/mol. The fraction of sp³-hybridized carbons (Fsp3) is 0.600. The van der Waals surface area contributed by atoms with Crippen LogP contribution in [-0.2, 0) is 0 Å². The van der Waals surface area contributed by atoms with Crippen molar-refractivity contribution in [2.75, 3.05) is 5.73 Å². The van der Waals surface area contributed by atoms with Gasteiger partial charge in [-0.1, -0.05) is 0 Å². The smallest absolute Gasteiger partial charge is 0.219 e. The molecule has 2 fully saturated rings. The molecule has 3 N–H and O–H groups in total. The molecule has 74 valence electrons. The Balaban J connectivity index is 1.86. The van der Waals surface area contributed by atoms with Crippen LogP contribution in [0.25, 0.3) is 0 Å². The SMILES string of the molecule is Nc1ncc([C@H]2CC3CCC2N3)cn1. The second-order valence-corrected chi connectivity index (χ2v) is 4.26. The predicted octanol–water partition coefficient (Wildman–Crippen LogP) is 0.667. The lowest BCUT2D eigenvalue weighted by Gasteiger charge is -2.19. The van der Waals surface area contributed by atoms with Gasteiger partial charge in [-0.2, -0.15) is 0 Å². The Labute approximate surface area is 82.9 Å². The summed E-state index contributed by atoms with van der Waals surface area (Å²) in [5, 5.41) is 3.60. The largest absolute Gasteiger partial charge is 0.368 e. The number of nitrogens with two attached hydrogens (primary N) is 1. The van der Waals surface area contributed by atoms with Crippen molar-refractivity contribution in [3.8, 4) is 0 Å². The van der Waals surface area contributed by atoms with E-state index in [4.69, 9.17) is 5.73 Å². The molecule has 1 aromatic heterocycles. The van der Waals surface area contributed by atoms with Gasteiger partial charge in [0.2, 0.25) is 5.95 Å². The molecule has 2 saturated heterocycles. The summed E-state index contributed by atoms with van der Waals surface area (Å²) in [5.74, 6) is 0.971. The molecule has 2 aliphatic rings. The quantitative estimate of drug-likeness (QED) is 0.683. The number of fused-ring (bicyclic) bond motifs is 2. The Morgan fingerprint density at radius 3 is 2.64 bits per heavy atom. The highest BCUT2D eigenvalue weighted by Gasteiger charge is 2.39. The Morgan fingerprint density at radius 2 is 2.07 bits per heavy atom. The second-order valence-electron chi connectivity index (χ2n) is 4.26. The van der Waals surface area contributed by atoms with Crippen molar-refractivity contribution in [3.05, 3.63) is 18.0 Å². The highest BCUT2D eigenvalue weighted by atomic mass is 15.0. The summed E-state index contributed by atoms with van der Waals surface area (Å²) in [6.07, 6.45) is 7.60. The van der Waals surface area contributed by atoms with E-state index in [1.807, 2.05) is 12.4 Å². The van der Waals surface area contributed by atoms with Crippen molar-refractivity contribution in [2.24, 2.45) is 0 Å². The first kappa shape index (κ1) is 8.17. The molecule has 2 aliphatic heterocycles. The summed E-state index contributed by atoms with van der Waals surface area (Å²) < 4.78 is 0. The molecule has 0 saturated carbocycles. The van der Waals surface area contributed by atoms with Crippen LogP contribution in [0.2, 0.25) is 0 Å². The normalized spacial score (nSPS) is 35.0. The third kappa shape index (κ3) is 1.18. The summed E-state index contributed by atoms with van der Waals surface area (Å²) in [6, 6.07) is 1.37. The molecular formula is C10H14N4. The fourth-order valence-corrected chi connectivity index (χ4v) is 2.73. The maximum absolute atomic E-state index is 5.46. The van der Waals surface area contributed by atoms with Crippen LogP contribution in [-0.4, -0.2) is 22.1 Å². The Kier molecular flexibility index (Phi) is 1.70. The third-order valence-corrected chi connectivity index (χ3v) is 3.42. The zero-order chi connectivity index (χ0) is 9.54. The number of hydrogen-bond donors (Lipinski definition) is 2. The molecule has 0 aromatic carbocycles. The first-order valence-corrected chi connectivity index (χ1v) is 5.16. The van der Waals surface area contributed by atoms with Gasteiger partial charge in [0.05, 0.1) is 0 Å². The average molecular weight is 190 g/mol. The number of aromatic nitrogens is 2. The topological polar surface area (TPSA) is 63.8 Å². The highest BCUT2D eigenvalue weighted by molar-refractivity contribution is 5.24. The van der Waals surface area contributed by atoms with Gasteiger partial charge in [-0.3, -0.25) is 0 Å². The minimum Gasteiger partial charge on any atom is -0.368 e. The summed E-state index contributed by atoms with van der Waals surface area (Å²) in [4.78, 5) is 8.09. The lowest BCUT2D eigenvalue weighted by molar-refractivity contribution is 0.504. The van der Waals surface area contributed by atoms with Crippen LogP contribution in [0.1, 0.15) is 30.7 Å².